The van der Waals surface area contributed by atoms with E-state index in [2.05, 4.69) is 15.9 Å². The third-order valence-electron chi connectivity index (χ3n) is 0.892. The molecule has 0 rings (SSSR count). The summed E-state index contributed by atoms with van der Waals surface area (Å²) in [6.07, 6.45) is 0.435. The first-order chi connectivity index (χ1) is 5.22. The monoisotopic (exact) mass is 235 g/mol. The maximum absolute atomic E-state index is 10.4. The van der Waals surface area contributed by atoms with Gasteiger partial charge < -0.3 is 5.11 Å². The van der Waals surface area contributed by atoms with Gasteiger partial charge >= 0.3 is 5.97 Å². The third-order valence-corrected chi connectivity index (χ3v) is 1.80. The van der Waals surface area contributed by atoms with Gasteiger partial charge in [-0.05, 0) is 23.6 Å². The van der Waals surface area contributed by atoms with Gasteiger partial charge in [-0.2, -0.15) is 5.26 Å². The third kappa shape index (κ3) is 4.87. The Bertz CT molecular complexity index is 209. The number of nitriles is 1. The molecule has 0 aromatic rings. The lowest BCUT2D eigenvalue weighted by atomic mass is 10.2. The van der Waals surface area contributed by atoms with E-state index >= 15 is 0 Å². The Hall–Kier alpha value is -0.470. The normalized spacial score (nSPS) is 10.7. The number of carbonyl (C=O) groups is 1. The Kier molecular flexibility index (Phi) is 5.99. The Morgan fingerprint density at radius 3 is 2.82 bits per heavy atom. The van der Waals surface area contributed by atoms with Crippen LogP contribution in [0.25, 0.3) is 0 Å². The number of rotatable bonds is 4. The molecule has 5 heteroatoms. The van der Waals surface area contributed by atoms with Crippen molar-refractivity contribution in [2.75, 3.05) is 5.33 Å². The zero-order valence-corrected chi connectivity index (χ0v) is 7.98. The first kappa shape index (κ1) is 10.5. The van der Waals surface area contributed by atoms with Crippen molar-refractivity contribution < 1.29 is 9.90 Å². The highest BCUT2D eigenvalue weighted by Gasteiger charge is 2.04. The van der Waals surface area contributed by atoms with E-state index in [0.717, 1.165) is 11.8 Å². The average Bonchev–Trinajstić information content (AvgIpc) is 1.97. The van der Waals surface area contributed by atoms with Crippen LogP contribution in [0.5, 0.6) is 0 Å². The summed E-state index contributed by atoms with van der Waals surface area (Å²) in [5, 5.41) is 20.4. The topological polar surface area (TPSA) is 61.1 Å². The summed E-state index contributed by atoms with van der Waals surface area (Å²) >= 11 is 3.94. The summed E-state index contributed by atoms with van der Waals surface area (Å²) in [7, 11) is 0. The van der Waals surface area contributed by atoms with Gasteiger partial charge in [0.25, 0.3) is 0 Å². The largest absolute Gasteiger partial charge is 0.478 e. The molecule has 0 unspecified atom stereocenters. The van der Waals surface area contributed by atoms with Crippen molar-refractivity contribution in [1.82, 2.24) is 0 Å². The molecule has 0 aromatic heterocycles. The van der Waals surface area contributed by atoms with Gasteiger partial charge in [-0.1, -0.05) is 15.9 Å². The molecule has 0 atom stereocenters. The van der Waals surface area contributed by atoms with Crippen LogP contribution in [0.15, 0.2) is 11.0 Å². The number of carboxylic acid groups (broad SMARTS) is 1. The highest BCUT2D eigenvalue weighted by Crippen LogP contribution is 2.10. The van der Waals surface area contributed by atoms with Crippen molar-refractivity contribution in [3.63, 3.8) is 0 Å². The molecule has 0 fully saturated rings. The SMILES string of the molecule is N#CS/C=C(/CCBr)C(=O)O. The van der Waals surface area contributed by atoms with Gasteiger partial charge in [0.2, 0.25) is 0 Å². The number of alkyl halides is 1. The van der Waals surface area contributed by atoms with E-state index in [-0.39, 0.29) is 5.57 Å². The van der Waals surface area contributed by atoms with Crippen LogP contribution in [-0.4, -0.2) is 16.4 Å². The quantitative estimate of drug-likeness (QED) is 0.460. The molecule has 0 radical (unpaired) electrons. The summed E-state index contributed by atoms with van der Waals surface area (Å²) in [6, 6.07) is 0. The van der Waals surface area contributed by atoms with Crippen LogP contribution in [0.1, 0.15) is 6.42 Å². The fourth-order valence-corrected chi connectivity index (χ4v) is 1.26. The molecule has 0 bridgehead atoms. The van der Waals surface area contributed by atoms with Crippen molar-refractivity contribution in [3.8, 4) is 5.40 Å². The van der Waals surface area contributed by atoms with Gasteiger partial charge in [-0.25, -0.2) is 4.79 Å². The lowest BCUT2D eigenvalue weighted by molar-refractivity contribution is -0.132. The maximum Gasteiger partial charge on any atom is 0.332 e. The maximum atomic E-state index is 10.4. The van der Waals surface area contributed by atoms with Gasteiger partial charge in [0, 0.05) is 10.9 Å². The summed E-state index contributed by atoms with van der Waals surface area (Å²) in [4.78, 5) is 10.4. The first-order valence-electron chi connectivity index (χ1n) is 2.75. The van der Waals surface area contributed by atoms with Crippen LogP contribution in [0.3, 0.4) is 0 Å². The number of aliphatic carboxylic acids is 1. The Labute approximate surface area is 77.2 Å². The molecule has 0 aromatic carbocycles. The second-order valence-electron chi connectivity index (χ2n) is 1.60. The summed E-state index contributed by atoms with van der Waals surface area (Å²) < 4.78 is 0. The van der Waals surface area contributed by atoms with E-state index in [0.29, 0.717) is 11.8 Å². The number of hydrogen-bond acceptors (Lipinski definition) is 3. The van der Waals surface area contributed by atoms with Crippen LogP contribution in [-0.2, 0) is 4.79 Å². The number of hydrogen-bond donors (Lipinski definition) is 1. The van der Waals surface area contributed by atoms with E-state index in [1.165, 1.54) is 5.41 Å². The number of nitrogens with zero attached hydrogens (tertiary/aromatic N) is 1. The Morgan fingerprint density at radius 1 is 1.82 bits per heavy atom. The van der Waals surface area contributed by atoms with Crippen molar-refractivity contribution >= 4 is 33.7 Å². The Balaban J connectivity index is 4.11. The molecule has 0 saturated heterocycles. The Morgan fingerprint density at radius 2 is 2.45 bits per heavy atom. The lowest BCUT2D eigenvalue weighted by Crippen LogP contribution is -2.00. The van der Waals surface area contributed by atoms with E-state index in [9.17, 15) is 4.79 Å². The molecule has 1 N–H and O–H groups in total. The molecule has 0 spiro atoms. The minimum atomic E-state index is -0.966. The van der Waals surface area contributed by atoms with E-state index in [4.69, 9.17) is 10.4 Å². The molecule has 0 aliphatic carbocycles. The highest BCUT2D eigenvalue weighted by atomic mass is 79.9. The minimum Gasteiger partial charge on any atom is -0.478 e. The van der Waals surface area contributed by atoms with E-state index in [1.807, 2.05) is 0 Å². The zero-order valence-electron chi connectivity index (χ0n) is 5.58. The molecule has 0 heterocycles. The molecule has 0 amide bonds. The first-order valence-corrected chi connectivity index (χ1v) is 4.75. The van der Waals surface area contributed by atoms with Crippen LogP contribution in [0.2, 0.25) is 0 Å². The molecule has 0 saturated carbocycles. The molecule has 0 aliphatic heterocycles. The van der Waals surface area contributed by atoms with Gasteiger partial charge in [-0.3, -0.25) is 0 Å². The molecule has 0 aliphatic rings. The summed E-state index contributed by atoms with van der Waals surface area (Å²) in [5.41, 5.74) is 0.258. The fourth-order valence-electron chi connectivity index (χ4n) is 0.416. The second-order valence-corrected chi connectivity index (χ2v) is 3.04. The van der Waals surface area contributed by atoms with Gasteiger partial charge in [0.1, 0.15) is 5.40 Å². The standard InChI is InChI=1S/C6H6BrNO2S/c7-2-1-5(6(9)10)3-11-4-8/h3H,1-2H2,(H,9,10)/b5-3-. The fraction of sp³-hybridized carbons (Fsp3) is 0.333. The van der Waals surface area contributed by atoms with Crippen molar-refractivity contribution in [1.29, 1.82) is 5.26 Å². The number of carboxylic acids is 1. The summed E-state index contributed by atoms with van der Waals surface area (Å²) in [5.74, 6) is -0.966. The van der Waals surface area contributed by atoms with Gasteiger partial charge in [-0.15, -0.1) is 0 Å². The smallest absolute Gasteiger partial charge is 0.332 e. The van der Waals surface area contributed by atoms with Crippen molar-refractivity contribution in [2.24, 2.45) is 0 Å². The number of halogens is 1. The summed E-state index contributed by atoms with van der Waals surface area (Å²) in [6.45, 7) is 0. The molecule has 11 heavy (non-hydrogen) atoms. The highest BCUT2D eigenvalue weighted by molar-refractivity contribution is 9.09. The zero-order chi connectivity index (χ0) is 8.69. The number of thiocyanates is 1. The lowest BCUT2D eigenvalue weighted by Gasteiger charge is -1.94. The average molecular weight is 236 g/mol. The molecule has 3 nitrogen and oxygen atoms in total. The van der Waals surface area contributed by atoms with Crippen LogP contribution in [0.4, 0.5) is 0 Å². The van der Waals surface area contributed by atoms with E-state index in [1.54, 1.807) is 5.40 Å². The van der Waals surface area contributed by atoms with Crippen LogP contribution in [0, 0.1) is 10.7 Å². The number of thioether (sulfide) groups is 1. The van der Waals surface area contributed by atoms with E-state index < -0.39 is 5.97 Å². The van der Waals surface area contributed by atoms with Crippen molar-refractivity contribution in [3.05, 3.63) is 11.0 Å². The van der Waals surface area contributed by atoms with Gasteiger partial charge in [0.05, 0.1) is 0 Å². The van der Waals surface area contributed by atoms with Crippen LogP contribution >= 0.6 is 27.7 Å². The predicted molar refractivity (Wildman–Crippen MR) is 47.3 cm³/mol. The van der Waals surface area contributed by atoms with Crippen molar-refractivity contribution in [2.45, 2.75) is 6.42 Å². The molecular weight excluding hydrogens is 230 g/mol. The second kappa shape index (κ2) is 6.25. The predicted octanol–water partition coefficient (Wildman–Crippen LogP) is 1.95. The van der Waals surface area contributed by atoms with Crippen LogP contribution < -0.4 is 0 Å². The molecule has 60 valence electrons. The molecular formula is C6H6BrNO2S. The van der Waals surface area contributed by atoms with Gasteiger partial charge in [0.15, 0.2) is 0 Å². The minimum absolute atomic E-state index is 0.258.